The van der Waals surface area contributed by atoms with Crippen molar-refractivity contribution in [3.63, 3.8) is 0 Å². The molecule has 2 rings (SSSR count). The van der Waals surface area contributed by atoms with Gasteiger partial charge in [-0.15, -0.1) is 11.3 Å². The molecule has 1 aromatic rings. The van der Waals surface area contributed by atoms with E-state index in [1.165, 1.54) is 11.3 Å². The van der Waals surface area contributed by atoms with E-state index in [0.29, 0.717) is 24.4 Å². The Morgan fingerprint density at radius 3 is 3.00 bits per heavy atom. The van der Waals surface area contributed by atoms with Gasteiger partial charge in [-0.25, -0.2) is 4.98 Å². The lowest BCUT2D eigenvalue weighted by molar-refractivity contribution is 0.0738. The van der Waals surface area contributed by atoms with Crippen molar-refractivity contribution in [2.45, 2.75) is 20.3 Å². The van der Waals surface area contributed by atoms with Crippen LogP contribution in [0.3, 0.4) is 0 Å². The van der Waals surface area contributed by atoms with Gasteiger partial charge in [0.05, 0.1) is 16.9 Å². The molecule has 92 valence electrons. The fraction of sp³-hybridized carbons (Fsp3) is 0.545. The number of hydrogen-bond acceptors (Lipinski definition) is 5. The van der Waals surface area contributed by atoms with Gasteiger partial charge in [0.15, 0.2) is 0 Å². The van der Waals surface area contributed by atoms with Crippen LogP contribution in [0, 0.1) is 12.8 Å². The maximum Gasteiger partial charge on any atom is 0.265 e. The molecule has 1 fully saturated rings. The molecule has 6 heteroatoms. The number of thiazole rings is 1. The number of rotatable bonds is 1. The molecular weight excluding hydrogens is 238 g/mol. The van der Waals surface area contributed by atoms with Crippen LogP contribution in [-0.2, 0) is 0 Å². The van der Waals surface area contributed by atoms with Crippen LogP contribution in [0.2, 0.25) is 0 Å². The van der Waals surface area contributed by atoms with E-state index in [1.807, 2.05) is 13.8 Å². The van der Waals surface area contributed by atoms with E-state index < -0.39 is 0 Å². The highest BCUT2D eigenvalue weighted by Crippen LogP contribution is 2.20. The number of hydrogen-bond donors (Lipinski definition) is 1. The third-order valence-corrected chi connectivity index (χ3v) is 3.97. The van der Waals surface area contributed by atoms with Crippen LogP contribution in [0.15, 0.2) is 10.7 Å². The Morgan fingerprint density at radius 1 is 1.71 bits per heavy atom. The van der Waals surface area contributed by atoms with Crippen LogP contribution in [0.1, 0.15) is 28.7 Å². The van der Waals surface area contributed by atoms with Crippen molar-refractivity contribution in [2.24, 2.45) is 11.1 Å². The van der Waals surface area contributed by atoms with Crippen LogP contribution >= 0.6 is 11.3 Å². The Labute approximate surface area is 104 Å². The molecule has 1 aromatic heterocycles. The van der Waals surface area contributed by atoms with Gasteiger partial charge in [0.25, 0.3) is 5.91 Å². The summed E-state index contributed by atoms with van der Waals surface area (Å²) in [6, 6.07) is 0. The van der Waals surface area contributed by atoms with Gasteiger partial charge in [-0.3, -0.25) is 4.79 Å². The van der Waals surface area contributed by atoms with Crippen LogP contribution in [0.5, 0.6) is 0 Å². The summed E-state index contributed by atoms with van der Waals surface area (Å²) in [6.07, 6.45) is 0.640. The molecule has 17 heavy (non-hydrogen) atoms. The van der Waals surface area contributed by atoms with E-state index in [-0.39, 0.29) is 11.8 Å². The molecule has 0 aromatic carbocycles. The quantitative estimate of drug-likeness (QED) is 0.612. The van der Waals surface area contributed by atoms with Crippen molar-refractivity contribution < 1.29 is 10.0 Å². The zero-order valence-electron chi connectivity index (χ0n) is 9.88. The van der Waals surface area contributed by atoms with E-state index in [1.54, 1.807) is 10.4 Å². The van der Waals surface area contributed by atoms with Gasteiger partial charge >= 0.3 is 0 Å². The number of carbonyl (C=O) groups is 1. The summed E-state index contributed by atoms with van der Waals surface area (Å²) >= 11 is 1.38. The van der Waals surface area contributed by atoms with Gasteiger partial charge in [0.2, 0.25) is 0 Å². The van der Waals surface area contributed by atoms with E-state index >= 15 is 0 Å². The van der Waals surface area contributed by atoms with Crippen LogP contribution < -0.4 is 0 Å². The maximum absolute atomic E-state index is 12.2. The summed E-state index contributed by atoms with van der Waals surface area (Å²) in [5.74, 6) is 0.153. The Balaban J connectivity index is 2.11. The second-order valence-corrected chi connectivity index (χ2v) is 5.12. The molecule has 1 amide bonds. The Bertz CT molecular complexity index is 455. The minimum atomic E-state index is 0.0360. The van der Waals surface area contributed by atoms with Crippen LogP contribution in [-0.4, -0.2) is 39.8 Å². The van der Waals surface area contributed by atoms with Gasteiger partial charge in [0.1, 0.15) is 4.88 Å². The average Bonchev–Trinajstić information content (AvgIpc) is 2.74. The highest BCUT2D eigenvalue weighted by atomic mass is 32.1. The molecule has 1 unspecified atom stereocenters. The largest absolute Gasteiger partial charge is 0.411 e. The smallest absolute Gasteiger partial charge is 0.265 e. The zero-order chi connectivity index (χ0) is 12.4. The van der Waals surface area contributed by atoms with Crippen molar-refractivity contribution in [1.82, 2.24) is 9.88 Å². The summed E-state index contributed by atoms with van der Waals surface area (Å²) in [6.45, 7) is 5.03. The summed E-state index contributed by atoms with van der Waals surface area (Å²) in [4.78, 5) is 18.8. The number of aromatic nitrogens is 1. The molecule has 1 atom stereocenters. The Hall–Kier alpha value is -1.43. The average molecular weight is 253 g/mol. The van der Waals surface area contributed by atoms with Crippen molar-refractivity contribution >= 4 is 23.0 Å². The number of nitrogens with zero attached hydrogens (tertiary/aromatic N) is 3. The number of aryl methyl sites for hydroxylation is 1. The summed E-state index contributed by atoms with van der Waals surface area (Å²) < 4.78 is 0. The first kappa shape index (κ1) is 12.0. The third-order valence-electron chi connectivity index (χ3n) is 3.06. The van der Waals surface area contributed by atoms with E-state index in [9.17, 15) is 4.79 Å². The van der Waals surface area contributed by atoms with E-state index in [0.717, 1.165) is 11.4 Å². The Kier molecular flexibility index (Phi) is 3.42. The summed E-state index contributed by atoms with van der Waals surface area (Å²) in [7, 11) is 0. The third kappa shape index (κ3) is 2.31. The lowest BCUT2D eigenvalue weighted by Crippen LogP contribution is -2.43. The first-order valence-electron chi connectivity index (χ1n) is 5.53. The number of amides is 1. The SMILES string of the molecule is Cc1ncsc1C(=O)N1CCC(=NO)C(C)C1. The first-order chi connectivity index (χ1) is 8.13. The fourth-order valence-electron chi connectivity index (χ4n) is 2.01. The van der Waals surface area contributed by atoms with Crippen molar-refractivity contribution in [1.29, 1.82) is 0 Å². The predicted molar refractivity (Wildman–Crippen MR) is 65.8 cm³/mol. The number of oxime groups is 1. The van der Waals surface area contributed by atoms with Gasteiger partial charge in [0, 0.05) is 25.4 Å². The second kappa shape index (κ2) is 4.83. The minimum absolute atomic E-state index is 0.0360. The summed E-state index contributed by atoms with van der Waals surface area (Å²) in [5.41, 5.74) is 3.25. The number of piperidine rings is 1. The second-order valence-electron chi connectivity index (χ2n) is 4.26. The van der Waals surface area contributed by atoms with Gasteiger partial charge in [-0.1, -0.05) is 12.1 Å². The zero-order valence-corrected chi connectivity index (χ0v) is 10.7. The molecule has 2 heterocycles. The summed E-state index contributed by atoms with van der Waals surface area (Å²) in [5, 5.41) is 12.1. The van der Waals surface area contributed by atoms with Crippen molar-refractivity contribution in [2.75, 3.05) is 13.1 Å². The molecule has 1 saturated heterocycles. The van der Waals surface area contributed by atoms with Crippen molar-refractivity contribution in [3.8, 4) is 0 Å². The normalized spacial score (nSPS) is 23.1. The fourth-order valence-corrected chi connectivity index (χ4v) is 2.78. The van der Waals surface area contributed by atoms with Gasteiger partial charge < -0.3 is 10.1 Å². The predicted octanol–water partition coefficient (Wildman–Crippen LogP) is 1.76. The highest BCUT2D eigenvalue weighted by Gasteiger charge is 2.27. The molecule has 0 bridgehead atoms. The molecule has 0 spiro atoms. The van der Waals surface area contributed by atoms with Crippen LogP contribution in [0.25, 0.3) is 0 Å². The van der Waals surface area contributed by atoms with Gasteiger partial charge in [-0.05, 0) is 6.92 Å². The van der Waals surface area contributed by atoms with Crippen LogP contribution in [0.4, 0.5) is 0 Å². The molecular formula is C11H15N3O2S. The Morgan fingerprint density at radius 2 is 2.47 bits per heavy atom. The topological polar surface area (TPSA) is 65.8 Å². The van der Waals surface area contributed by atoms with E-state index in [2.05, 4.69) is 10.1 Å². The molecule has 0 radical (unpaired) electrons. The highest BCUT2D eigenvalue weighted by molar-refractivity contribution is 7.11. The lowest BCUT2D eigenvalue weighted by Gasteiger charge is -2.31. The van der Waals surface area contributed by atoms with Crippen molar-refractivity contribution in [3.05, 3.63) is 16.1 Å². The minimum Gasteiger partial charge on any atom is -0.411 e. The van der Waals surface area contributed by atoms with Gasteiger partial charge in [-0.2, -0.15) is 0 Å². The molecule has 1 N–H and O–H groups in total. The molecule has 0 aliphatic carbocycles. The molecule has 0 saturated carbocycles. The molecule has 1 aliphatic rings. The first-order valence-corrected chi connectivity index (χ1v) is 6.41. The number of likely N-dealkylation sites (tertiary alicyclic amines) is 1. The number of carbonyl (C=O) groups excluding carboxylic acids is 1. The monoisotopic (exact) mass is 253 g/mol. The molecule has 1 aliphatic heterocycles. The molecule has 5 nitrogen and oxygen atoms in total. The maximum atomic E-state index is 12.2. The van der Waals surface area contributed by atoms with E-state index in [4.69, 9.17) is 5.21 Å². The lowest BCUT2D eigenvalue weighted by atomic mass is 9.97. The standard InChI is InChI=1S/C11H15N3O2S/c1-7-5-14(4-3-9(7)13-16)11(15)10-8(2)12-6-17-10/h6-7,16H,3-5H2,1-2H3.